The summed E-state index contributed by atoms with van der Waals surface area (Å²) < 4.78 is 35.5. The van der Waals surface area contributed by atoms with Crippen LogP contribution in [0.25, 0.3) is 0 Å². The van der Waals surface area contributed by atoms with Crippen LogP contribution in [-0.4, -0.2) is 24.7 Å². The molecule has 0 radical (unpaired) electrons. The number of nitrogens with one attached hydrogen (secondary N) is 1. The summed E-state index contributed by atoms with van der Waals surface area (Å²) in [6, 6.07) is 0.0935. The number of unbranched alkanes of at least 4 members (excludes halogenated alkanes) is 1. The van der Waals surface area contributed by atoms with Gasteiger partial charge in [-0.05, 0) is 32.1 Å². The molecule has 1 aliphatic rings. The maximum atomic E-state index is 11.8. The van der Waals surface area contributed by atoms with Gasteiger partial charge in [0.15, 0.2) is 0 Å². The van der Waals surface area contributed by atoms with Gasteiger partial charge in [-0.1, -0.05) is 0 Å². The SMILES string of the molecule is NC1CCC(C(=O)NCCCCC(F)(F)F)C1. The Morgan fingerprint density at radius 2 is 2.00 bits per heavy atom. The summed E-state index contributed by atoms with van der Waals surface area (Å²) in [7, 11) is 0. The molecule has 100 valence electrons. The van der Waals surface area contributed by atoms with Crippen LogP contribution in [0.2, 0.25) is 0 Å². The minimum absolute atomic E-state index is 0.0485. The van der Waals surface area contributed by atoms with Crippen LogP contribution >= 0.6 is 0 Å². The average Bonchev–Trinajstić information content (AvgIpc) is 2.62. The second-order valence-electron chi connectivity index (χ2n) is 4.63. The second-order valence-corrected chi connectivity index (χ2v) is 4.63. The van der Waals surface area contributed by atoms with E-state index < -0.39 is 12.6 Å². The fourth-order valence-electron chi connectivity index (χ4n) is 2.06. The number of carbonyl (C=O) groups is 1. The van der Waals surface area contributed by atoms with Gasteiger partial charge in [-0.2, -0.15) is 13.2 Å². The van der Waals surface area contributed by atoms with Gasteiger partial charge in [0.05, 0.1) is 0 Å². The third-order valence-electron chi connectivity index (χ3n) is 3.03. The molecule has 1 aliphatic carbocycles. The van der Waals surface area contributed by atoms with E-state index in [1.165, 1.54) is 0 Å². The molecule has 2 atom stereocenters. The Labute approximate surface area is 98.9 Å². The largest absolute Gasteiger partial charge is 0.389 e. The summed E-state index contributed by atoms with van der Waals surface area (Å²) in [6.07, 6.45) is -2.12. The van der Waals surface area contributed by atoms with Gasteiger partial charge in [0, 0.05) is 24.9 Å². The average molecular weight is 252 g/mol. The molecular formula is C11H19F3N2O. The highest BCUT2D eigenvalue weighted by molar-refractivity contribution is 5.78. The van der Waals surface area contributed by atoms with E-state index in [9.17, 15) is 18.0 Å². The first-order valence-corrected chi connectivity index (χ1v) is 5.98. The molecule has 0 aromatic rings. The third kappa shape index (κ3) is 5.91. The maximum absolute atomic E-state index is 11.8. The minimum atomic E-state index is -4.10. The number of hydrogen-bond acceptors (Lipinski definition) is 2. The molecule has 0 spiro atoms. The van der Waals surface area contributed by atoms with Crippen LogP contribution in [0.1, 0.15) is 38.5 Å². The normalized spacial score (nSPS) is 24.9. The zero-order valence-corrected chi connectivity index (χ0v) is 9.72. The first-order chi connectivity index (χ1) is 7.88. The van der Waals surface area contributed by atoms with Gasteiger partial charge >= 0.3 is 6.18 Å². The molecule has 0 aromatic carbocycles. The van der Waals surface area contributed by atoms with Crippen LogP contribution < -0.4 is 11.1 Å². The molecule has 1 rings (SSSR count). The molecule has 3 nitrogen and oxygen atoms in total. The minimum Gasteiger partial charge on any atom is -0.356 e. The predicted octanol–water partition coefficient (Wildman–Crippen LogP) is 1.96. The van der Waals surface area contributed by atoms with Gasteiger partial charge in [0.2, 0.25) is 5.91 Å². The molecule has 0 aliphatic heterocycles. The summed E-state index contributed by atoms with van der Waals surface area (Å²) in [5.74, 6) is -0.113. The summed E-state index contributed by atoms with van der Waals surface area (Å²) in [5, 5.41) is 2.67. The predicted molar refractivity (Wildman–Crippen MR) is 58.2 cm³/mol. The fraction of sp³-hybridized carbons (Fsp3) is 0.909. The van der Waals surface area contributed by atoms with Crippen molar-refractivity contribution in [3.63, 3.8) is 0 Å². The van der Waals surface area contributed by atoms with Crippen molar-refractivity contribution in [1.82, 2.24) is 5.32 Å². The van der Waals surface area contributed by atoms with Crippen molar-refractivity contribution in [3.05, 3.63) is 0 Å². The first kappa shape index (κ1) is 14.3. The van der Waals surface area contributed by atoms with Gasteiger partial charge in [-0.25, -0.2) is 0 Å². The summed E-state index contributed by atoms with van der Waals surface area (Å²) >= 11 is 0. The Hall–Kier alpha value is -0.780. The molecule has 1 amide bonds. The van der Waals surface area contributed by atoms with Crippen LogP contribution in [0.3, 0.4) is 0 Å². The van der Waals surface area contributed by atoms with Gasteiger partial charge in [0.25, 0.3) is 0 Å². The van der Waals surface area contributed by atoms with E-state index in [-0.39, 0.29) is 24.3 Å². The summed E-state index contributed by atoms with van der Waals surface area (Å²) in [5.41, 5.74) is 5.68. The highest BCUT2D eigenvalue weighted by Crippen LogP contribution is 2.24. The van der Waals surface area contributed by atoms with Crippen molar-refractivity contribution in [3.8, 4) is 0 Å². The zero-order chi connectivity index (χ0) is 12.9. The van der Waals surface area contributed by atoms with E-state index in [1.54, 1.807) is 0 Å². The van der Waals surface area contributed by atoms with Crippen LogP contribution in [-0.2, 0) is 4.79 Å². The number of nitrogens with two attached hydrogens (primary N) is 1. The van der Waals surface area contributed by atoms with Crippen LogP contribution in [0.15, 0.2) is 0 Å². The molecule has 17 heavy (non-hydrogen) atoms. The quantitative estimate of drug-likeness (QED) is 0.735. The lowest BCUT2D eigenvalue weighted by atomic mass is 10.1. The van der Waals surface area contributed by atoms with Gasteiger partial charge in [0.1, 0.15) is 0 Å². The highest BCUT2D eigenvalue weighted by atomic mass is 19.4. The molecule has 0 heterocycles. The topological polar surface area (TPSA) is 55.1 Å². The van der Waals surface area contributed by atoms with Crippen molar-refractivity contribution in [2.45, 2.75) is 50.7 Å². The Kier molecular flexibility index (Phi) is 5.24. The van der Waals surface area contributed by atoms with Crippen molar-refractivity contribution in [2.24, 2.45) is 11.7 Å². The summed E-state index contributed by atoms with van der Waals surface area (Å²) in [4.78, 5) is 11.6. The standard InChI is InChI=1S/C11H19F3N2O/c12-11(13,14)5-1-2-6-16-10(17)8-3-4-9(15)7-8/h8-9H,1-7,15H2,(H,16,17). The molecule has 1 fully saturated rings. The third-order valence-corrected chi connectivity index (χ3v) is 3.03. The molecule has 2 unspecified atom stereocenters. The Balaban J connectivity index is 2.05. The van der Waals surface area contributed by atoms with E-state index in [1.807, 2.05) is 0 Å². The van der Waals surface area contributed by atoms with Crippen molar-refractivity contribution < 1.29 is 18.0 Å². The van der Waals surface area contributed by atoms with E-state index in [0.717, 1.165) is 12.8 Å². The first-order valence-electron chi connectivity index (χ1n) is 5.98. The van der Waals surface area contributed by atoms with E-state index in [2.05, 4.69) is 5.32 Å². The second kappa shape index (κ2) is 6.23. The number of amides is 1. The number of carbonyl (C=O) groups excluding carboxylic acids is 1. The smallest absolute Gasteiger partial charge is 0.356 e. The lowest BCUT2D eigenvalue weighted by molar-refractivity contribution is -0.135. The van der Waals surface area contributed by atoms with Crippen LogP contribution in [0.4, 0.5) is 13.2 Å². The van der Waals surface area contributed by atoms with E-state index in [0.29, 0.717) is 19.4 Å². The molecule has 6 heteroatoms. The van der Waals surface area contributed by atoms with Crippen LogP contribution in [0.5, 0.6) is 0 Å². The molecule has 1 saturated carbocycles. The lowest BCUT2D eigenvalue weighted by Crippen LogP contribution is -2.31. The maximum Gasteiger partial charge on any atom is 0.389 e. The van der Waals surface area contributed by atoms with Crippen LogP contribution in [0, 0.1) is 5.92 Å². The molecule has 0 bridgehead atoms. The number of rotatable bonds is 5. The highest BCUT2D eigenvalue weighted by Gasteiger charge is 2.28. The zero-order valence-electron chi connectivity index (χ0n) is 9.72. The van der Waals surface area contributed by atoms with E-state index in [4.69, 9.17) is 5.73 Å². The van der Waals surface area contributed by atoms with Crippen molar-refractivity contribution in [2.75, 3.05) is 6.54 Å². The summed E-state index contributed by atoms with van der Waals surface area (Å²) in [6.45, 7) is 0.320. The van der Waals surface area contributed by atoms with Gasteiger partial charge in [-0.15, -0.1) is 0 Å². The molecule has 3 N–H and O–H groups in total. The number of alkyl halides is 3. The Bertz CT molecular complexity index is 256. The lowest BCUT2D eigenvalue weighted by Gasteiger charge is -2.11. The Morgan fingerprint density at radius 1 is 1.29 bits per heavy atom. The number of halogens is 3. The van der Waals surface area contributed by atoms with Crippen molar-refractivity contribution in [1.29, 1.82) is 0 Å². The molecule has 0 aromatic heterocycles. The molecular weight excluding hydrogens is 233 g/mol. The number of hydrogen-bond donors (Lipinski definition) is 2. The molecule has 0 saturated heterocycles. The van der Waals surface area contributed by atoms with Crippen molar-refractivity contribution >= 4 is 5.91 Å². The van der Waals surface area contributed by atoms with Gasteiger partial charge < -0.3 is 11.1 Å². The van der Waals surface area contributed by atoms with Gasteiger partial charge in [-0.3, -0.25) is 4.79 Å². The van der Waals surface area contributed by atoms with E-state index >= 15 is 0 Å². The monoisotopic (exact) mass is 252 g/mol. The fourth-order valence-corrected chi connectivity index (χ4v) is 2.06. The Morgan fingerprint density at radius 3 is 2.53 bits per heavy atom.